The van der Waals surface area contributed by atoms with Crippen LogP contribution in [-0.4, -0.2) is 27.3 Å². The number of nitrogen functional groups attached to an aromatic ring is 1. The van der Waals surface area contributed by atoms with Crippen LogP contribution >= 0.6 is 0 Å². The van der Waals surface area contributed by atoms with Gasteiger partial charge in [0.2, 0.25) is 0 Å². The van der Waals surface area contributed by atoms with Gasteiger partial charge in [-0.2, -0.15) is 5.10 Å². The second-order valence-corrected chi connectivity index (χ2v) is 4.57. The van der Waals surface area contributed by atoms with E-state index in [1.807, 2.05) is 26.0 Å². The number of hydrogen-bond donors (Lipinski definition) is 1. The average Bonchev–Trinajstić information content (AvgIpc) is 2.67. The molecule has 0 radical (unpaired) electrons. The standard InChI is InChI=1S/C14H18N4O2/c1-10-14(15)11(2)18(17-10)9-13(19)20-7-5-12-4-3-6-16-8-12/h3-4,6,8H,5,7,9,15H2,1-2H3. The van der Waals surface area contributed by atoms with E-state index in [2.05, 4.69) is 10.1 Å². The van der Waals surface area contributed by atoms with Crippen LogP contribution in [0.3, 0.4) is 0 Å². The van der Waals surface area contributed by atoms with Crippen LogP contribution in [0.15, 0.2) is 24.5 Å². The molecule has 2 heterocycles. The number of aromatic nitrogens is 3. The summed E-state index contributed by atoms with van der Waals surface area (Å²) in [5.74, 6) is -0.320. The number of nitrogens with two attached hydrogens (primary N) is 1. The molecule has 0 saturated carbocycles. The van der Waals surface area contributed by atoms with Gasteiger partial charge in [-0.25, -0.2) is 0 Å². The number of ether oxygens (including phenoxy) is 1. The average molecular weight is 274 g/mol. The molecule has 0 aliphatic rings. The molecular weight excluding hydrogens is 256 g/mol. The van der Waals surface area contributed by atoms with Gasteiger partial charge in [-0.15, -0.1) is 0 Å². The van der Waals surface area contributed by atoms with Crippen LogP contribution in [0.4, 0.5) is 5.69 Å². The third-order valence-corrected chi connectivity index (χ3v) is 3.09. The van der Waals surface area contributed by atoms with Gasteiger partial charge in [0.25, 0.3) is 0 Å². The summed E-state index contributed by atoms with van der Waals surface area (Å²) in [4.78, 5) is 15.7. The van der Waals surface area contributed by atoms with Crippen molar-refractivity contribution in [1.82, 2.24) is 14.8 Å². The van der Waals surface area contributed by atoms with E-state index in [0.717, 1.165) is 17.0 Å². The van der Waals surface area contributed by atoms with Gasteiger partial charge in [-0.05, 0) is 25.5 Å². The second kappa shape index (κ2) is 6.18. The number of esters is 1. The lowest BCUT2D eigenvalue weighted by molar-refractivity contribution is -0.144. The van der Waals surface area contributed by atoms with E-state index in [-0.39, 0.29) is 12.5 Å². The molecule has 2 aromatic rings. The summed E-state index contributed by atoms with van der Waals surface area (Å²) < 4.78 is 6.75. The molecule has 106 valence electrons. The Balaban J connectivity index is 1.82. The van der Waals surface area contributed by atoms with Crippen LogP contribution in [0, 0.1) is 13.8 Å². The minimum Gasteiger partial charge on any atom is -0.464 e. The first-order valence-corrected chi connectivity index (χ1v) is 6.42. The Bertz CT molecular complexity index is 593. The molecule has 0 fully saturated rings. The molecule has 2 rings (SSSR count). The molecular formula is C14H18N4O2. The zero-order chi connectivity index (χ0) is 14.5. The van der Waals surface area contributed by atoms with Crippen molar-refractivity contribution < 1.29 is 9.53 Å². The minimum atomic E-state index is -0.320. The number of carbonyl (C=O) groups excluding carboxylic acids is 1. The predicted molar refractivity (Wildman–Crippen MR) is 75.0 cm³/mol. The zero-order valence-corrected chi connectivity index (χ0v) is 11.7. The van der Waals surface area contributed by atoms with Gasteiger partial charge in [0.1, 0.15) is 6.54 Å². The highest BCUT2D eigenvalue weighted by Gasteiger charge is 2.12. The van der Waals surface area contributed by atoms with Gasteiger partial charge in [0, 0.05) is 18.8 Å². The Morgan fingerprint density at radius 1 is 1.45 bits per heavy atom. The summed E-state index contributed by atoms with van der Waals surface area (Å²) in [5.41, 5.74) is 8.98. The predicted octanol–water partition coefficient (Wildman–Crippen LogP) is 1.26. The van der Waals surface area contributed by atoms with Crippen LogP contribution in [-0.2, 0) is 22.5 Å². The molecule has 0 bridgehead atoms. The fourth-order valence-electron chi connectivity index (χ4n) is 1.86. The quantitative estimate of drug-likeness (QED) is 0.830. The lowest BCUT2D eigenvalue weighted by Gasteiger charge is -2.06. The molecule has 0 saturated heterocycles. The molecule has 0 amide bonds. The summed E-state index contributed by atoms with van der Waals surface area (Å²) in [6.45, 7) is 4.06. The molecule has 20 heavy (non-hydrogen) atoms. The second-order valence-electron chi connectivity index (χ2n) is 4.57. The summed E-state index contributed by atoms with van der Waals surface area (Å²) in [6, 6.07) is 3.80. The van der Waals surface area contributed by atoms with Gasteiger partial charge in [0.05, 0.1) is 23.7 Å². The first kappa shape index (κ1) is 14.0. The topological polar surface area (TPSA) is 83.0 Å². The molecule has 2 N–H and O–H groups in total. The molecule has 0 aliphatic heterocycles. The maximum absolute atomic E-state index is 11.7. The van der Waals surface area contributed by atoms with E-state index in [1.165, 1.54) is 0 Å². The number of hydrogen-bond acceptors (Lipinski definition) is 5. The van der Waals surface area contributed by atoms with Crippen molar-refractivity contribution in [3.8, 4) is 0 Å². The van der Waals surface area contributed by atoms with E-state index < -0.39 is 0 Å². The van der Waals surface area contributed by atoms with Crippen LogP contribution in [0.5, 0.6) is 0 Å². The summed E-state index contributed by atoms with van der Waals surface area (Å²) in [6.07, 6.45) is 4.12. The summed E-state index contributed by atoms with van der Waals surface area (Å²) in [7, 11) is 0. The highest BCUT2D eigenvalue weighted by atomic mass is 16.5. The molecule has 0 aromatic carbocycles. The highest BCUT2D eigenvalue weighted by molar-refractivity contribution is 5.69. The lowest BCUT2D eigenvalue weighted by Crippen LogP contribution is -2.17. The Morgan fingerprint density at radius 2 is 2.25 bits per heavy atom. The molecule has 6 nitrogen and oxygen atoms in total. The van der Waals surface area contributed by atoms with Crippen LogP contribution < -0.4 is 5.73 Å². The van der Waals surface area contributed by atoms with Crippen molar-refractivity contribution in [2.75, 3.05) is 12.3 Å². The molecule has 0 atom stereocenters. The number of nitrogens with zero attached hydrogens (tertiary/aromatic N) is 3. The molecule has 6 heteroatoms. The normalized spacial score (nSPS) is 10.5. The lowest BCUT2D eigenvalue weighted by atomic mass is 10.2. The van der Waals surface area contributed by atoms with Gasteiger partial charge in [-0.1, -0.05) is 6.07 Å². The first-order chi connectivity index (χ1) is 9.58. The largest absolute Gasteiger partial charge is 0.464 e. The Kier molecular flexibility index (Phi) is 4.34. The van der Waals surface area contributed by atoms with Gasteiger partial charge in [-0.3, -0.25) is 14.5 Å². The first-order valence-electron chi connectivity index (χ1n) is 6.42. The molecule has 0 aliphatic carbocycles. The number of rotatable bonds is 5. The van der Waals surface area contributed by atoms with Crippen molar-refractivity contribution in [2.24, 2.45) is 0 Å². The number of anilines is 1. The SMILES string of the molecule is Cc1nn(CC(=O)OCCc2cccnc2)c(C)c1N. The summed E-state index contributed by atoms with van der Waals surface area (Å²) in [5, 5.41) is 4.20. The number of carbonyl (C=O) groups is 1. The maximum Gasteiger partial charge on any atom is 0.327 e. The van der Waals surface area contributed by atoms with E-state index in [4.69, 9.17) is 10.5 Å². The minimum absolute atomic E-state index is 0.0803. The molecule has 0 spiro atoms. The van der Waals surface area contributed by atoms with Crippen LogP contribution in [0.2, 0.25) is 0 Å². The van der Waals surface area contributed by atoms with E-state index in [1.54, 1.807) is 17.1 Å². The Hall–Kier alpha value is -2.37. The summed E-state index contributed by atoms with van der Waals surface area (Å²) >= 11 is 0. The zero-order valence-electron chi connectivity index (χ0n) is 11.7. The monoisotopic (exact) mass is 274 g/mol. The fourth-order valence-corrected chi connectivity index (χ4v) is 1.86. The van der Waals surface area contributed by atoms with E-state index >= 15 is 0 Å². The van der Waals surface area contributed by atoms with E-state index in [9.17, 15) is 4.79 Å². The Morgan fingerprint density at radius 3 is 2.85 bits per heavy atom. The highest BCUT2D eigenvalue weighted by Crippen LogP contribution is 2.14. The van der Waals surface area contributed by atoms with Crippen molar-refractivity contribution >= 4 is 11.7 Å². The van der Waals surface area contributed by atoms with Crippen LogP contribution in [0.25, 0.3) is 0 Å². The van der Waals surface area contributed by atoms with Crippen LogP contribution in [0.1, 0.15) is 17.0 Å². The molecule has 2 aromatic heterocycles. The van der Waals surface area contributed by atoms with Gasteiger partial charge < -0.3 is 10.5 Å². The maximum atomic E-state index is 11.7. The van der Waals surface area contributed by atoms with Gasteiger partial charge >= 0.3 is 5.97 Å². The van der Waals surface area contributed by atoms with E-state index in [0.29, 0.717) is 18.7 Å². The number of pyridine rings is 1. The Labute approximate surface area is 117 Å². The smallest absolute Gasteiger partial charge is 0.327 e. The van der Waals surface area contributed by atoms with Crippen molar-refractivity contribution in [1.29, 1.82) is 0 Å². The fraction of sp³-hybridized carbons (Fsp3) is 0.357. The third-order valence-electron chi connectivity index (χ3n) is 3.09. The van der Waals surface area contributed by atoms with Crippen molar-refractivity contribution in [2.45, 2.75) is 26.8 Å². The van der Waals surface area contributed by atoms with Gasteiger partial charge in [0.15, 0.2) is 0 Å². The van der Waals surface area contributed by atoms with Crippen molar-refractivity contribution in [3.05, 3.63) is 41.5 Å². The van der Waals surface area contributed by atoms with Crippen molar-refractivity contribution in [3.63, 3.8) is 0 Å². The number of aryl methyl sites for hydroxylation is 1. The molecule has 0 unspecified atom stereocenters. The third kappa shape index (κ3) is 3.34.